The number of ether oxygens (including phenoxy) is 2. The van der Waals surface area contributed by atoms with Gasteiger partial charge in [0.1, 0.15) is 37.5 Å². The van der Waals surface area contributed by atoms with E-state index in [0.717, 1.165) is 12.7 Å². The highest BCUT2D eigenvalue weighted by Gasteiger charge is 2.53. The first-order chi connectivity index (χ1) is 28.9. The van der Waals surface area contributed by atoms with E-state index in [1.807, 2.05) is 0 Å². The van der Waals surface area contributed by atoms with Gasteiger partial charge in [-0.25, -0.2) is 43.2 Å². The monoisotopic (exact) mass is 900 g/mol. The number of alkyl halides is 2. The van der Waals surface area contributed by atoms with Crippen LogP contribution in [0.15, 0.2) is 98.0 Å². The Labute approximate surface area is 346 Å². The zero-order valence-electron chi connectivity index (χ0n) is 30.1. The van der Waals surface area contributed by atoms with Crippen molar-refractivity contribution in [2.24, 2.45) is 0 Å². The Morgan fingerprint density at radius 1 is 0.800 bits per heavy atom. The minimum absolute atomic E-state index is 0.0199. The fourth-order valence-corrected chi connectivity index (χ4v) is 9.29. The maximum atomic E-state index is 16.5. The van der Waals surface area contributed by atoms with Gasteiger partial charge in [-0.3, -0.25) is 27.8 Å². The third-order valence-electron chi connectivity index (χ3n) is 9.37. The van der Waals surface area contributed by atoms with Gasteiger partial charge in [-0.05, 0) is 48.3 Å². The Morgan fingerprint density at radius 3 is 1.92 bits per heavy atom. The summed E-state index contributed by atoms with van der Waals surface area (Å²) in [6.07, 6.45) is -7.20. The highest BCUT2D eigenvalue weighted by Crippen LogP contribution is 2.59. The Bertz CT molecular complexity index is 2760. The van der Waals surface area contributed by atoms with Gasteiger partial charge in [0.15, 0.2) is 64.4 Å². The van der Waals surface area contributed by atoms with Crippen molar-refractivity contribution >= 4 is 83.3 Å². The molecule has 2 amide bonds. The average Bonchev–Trinajstić information content (AvgIpc) is 4.01. The maximum Gasteiger partial charge on any atom is 0.437 e. The molecular weight excluding hydrogens is 873 g/mol. The van der Waals surface area contributed by atoms with Gasteiger partial charge in [0.2, 0.25) is 6.23 Å². The first-order valence-electron chi connectivity index (χ1n) is 17.6. The molecule has 60 heavy (non-hydrogen) atoms. The van der Waals surface area contributed by atoms with Gasteiger partial charge in [-0.1, -0.05) is 36.4 Å². The quantitative estimate of drug-likeness (QED) is 0.124. The van der Waals surface area contributed by atoms with Crippen LogP contribution in [0.25, 0.3) is 22.3 Å². The summed E-state index contributed by atoms with van der Waals surface area (Å²) < 4.78 is 82.8. The van der Waals surface area contributed by atoms with Gasteiger partial charge in [0.25, 0.3) is 11.8 Å². The molecule has 9 atom stereocenters. The number of nitrogens with zero attached hydrogens (tertiary/aromatic N) is 8. The number of hydrogen-bond acceptors (Lipinski definition) is 16. The minimum Gasteiger partial charge on any atom is -0.465 e. The average molecular weight is 901 g/mol. The number of imidazole rings is 2. The van der Waals surface area contributed by atoms with Crippen molar-refractivity contribution in [2.75, 3.05) is 17.2 Å². The summed E-state index contributed by atoms with van der Waals surface area (Å²) in [4.78, 5) is 62.0. The van der Waals surface area contributed by atoms with E-state index in [1.54, 1.807) is 60.7 Å². The van der Waals surface area contributed by atoms with Gasteiger partial charge < -0.3 is 34.0 Å². The lowest BCUT2D eigenvalue weighted by Gasteiger charge is -2.26. The zero-order chi connectivity index (χ0) is 41.8. The standard InChI is InChI=1S/C34H28F2N10O10P2S2/c35-21-25-19(53-33(21)45-15-41-23-27(37-13-39-29(23)45)43-31(47)17-7-3-1-4-8-17)11-51-58(50,60)56-26-20(12-52-57(49,59)55-25)54-34(22(26)36)46-16-42-24-28(38-14-40-30(24)46)44-32(48)18-9-5-2-6-10-18/h1-11,13-16,20-22,25-26,33-34H,12H2,(H,49,59)(H,50,60)(H,37,39,43,47)(H,38,40,44,48)/b19-11-/t20-,21-,22-,25-,26-,33-,34-,57?,58?/m1/s1. The second-order valence-electron chi connectivity index (χ2n) is 13.1. The van der Waals surface area contributed by atoms with Crippen molar-refractivity contribution in [3.05, 3.63) is 109 Å². The molecule has 6 aromatic rings. The Hall–Kier alpha value is -5.29. The van der Waals surface area contributed by atoms with Crippen LogP contribution in [0.4, 0.5) is 20.4 Å². The number of anilines is 2. The number of halogens is 2. The molecule has 2 unspecified atom stereocenters. The number of carbonyl (C=O) groups excluding carboxylic acids is 2. The molecular formula is C34H28F2N10O10P2S2. The predicted molar refractivity (Wildman–Crippen MR) is 211 cm³/mol. The van der Waals surface area contributed by atoms with E-state index in [4.69, 9.17) is 39.4 Å². The normalized spacial score (nSPS) is 30.1. The van der Waals surface area contributed by atoms with Crippen LogP contribution < -0.4 is 10.6 Å². The lowest BCUT2D eigenvalue weighted by atomic mass is 10.1. The van der Waals surface area contributed by atoms with Crippen LogP contribution in [0, 0.1) is 0 Å². The third kappa shape index (κ3) is 7.77. The summed E-state index contributed by atoms with van der Waals surface area (Å²) in [6.45, 7) is -9.72. The van der Waals surface area contributed by atoms with Gasteiger partial charge in [0, 0.05) is 11.1 Å². The molecule has 7 heterocycles. The second-order valence-corrected chi connectivity index (χ2v) is 18.8. The molecule has 2 fully saturated rings. The van der Waals surface area contributed by atoms with Crippen LogP contribution >= 0.6 is 25.8 Å². The molecule has 0 bridgehead atoms. The molecule has 310 valence electrons. The molecule has 20 nitrogen and oxygen atoms in total. The first kappa shape index (κ1) is 40.1. The molecule has 9 rings (SSSR count). The number of fused-ring (bicyclic) bond motifs is 4. The Morgan fingerprint density at radius 2 is 1.35 bits per heavy atom. The van der Waals surface area contributed by atoms with Crippen LogP contribution in [0.5, 0.6) is 0 Å². The van der Waals surface area contributed by atoms with Crippen LogP contribution in [0.3, 0.4) is 0 Å². The molecule has 3 aliphatic heterocycles. The molecule has 0 spiro atoms. The van der Waals surface area contributed by atoms with Crippen LogP contribution in [0.2, 0.25) is 0 Å². The molecule has 0 aliphatic carbocycles. The molecule has 2 aromatic carbocycles. The molecule has 4 aromatic heterocycles. The van der Waals surface area contributed by atoms with Crippen LogP contribution in [-0.4, -0.2) is 93.0 Å². The summed E-state index contributed by atoms with van der Waals surface area (Å²) in [6, 6.07) is 16.7. The molecule has 0 radical (unpaired) electrons. The summed E-state index contributed by atoms with van der Waals surface area (Å²) in [5, 5.41) is 5.31. The van der Waals surface area contributed by atoms with E-state index in [2.05, 4.69) is 52.8 Å². The summed E-state index contributed by atoms with van der Waals surface area (Å²) in [5.41, 5.74) is 0.937. The number of thiol groups is 1. The van der Waals surface area contributed by atoms with Crippen molar-refractivity contribution in [3.63, 3.8) is 0 Å². The Kier molecular flexibility index (Phi) is 10.7. The lowest BCUT2D eigenvalue weighted by molar-refractivity contribution is -0.0433. The fourth-order valence-electron chi connectivity index (χ4n) is 6.61. The number of carbonyl (C=O) groups is 2. The van der Waals surface area contributed by atoms with Crippen molar-refractivity contribution in [1.82, 2.24) is 39.0 Å². The summed E-state index contributed by atoms with van der Waals surface area (Å²) in [7, 11) is 0. The van der Waals surface area contributed by atoms with Crippen LogP contribution in [-0.2, 0) is 43.9 Å². The fraction of sp³-hybridized carbons (Fsp3) is 0.235. The first-order valence-corrected chi connectivity index (χ1v) is 22.9. The highest BCUT2D eigenvalue weighted by molar-refractivity contribution is 8.44. The van der Waals surface area contributed by atoms with Crippen LogP contribution in [0.1, 0.15) is 33.2 Å². The van der Waals surface area contributed by atoms with Crippen molar-refractivity contribution in [1.29, 1.82) is 0 Å². The molecule has 2 saturated heterocycles. The third-order valence-corrected chi connectivity index (χ3v) is 12.4. The van der Waals surface area contributed by atoms with Crippen molar-refractivity contribution in [2.45, 2.75) is 43.1 Å². The van der Waals surface area contributed by atoms with E-state index in [0.29, 0.717) is 17.4 Å². The topological polar surface area (TPSA) is 238 Å². The lowest BCUT2D eigenvalue weighted by Crippen LogP contribution is -2.34. The number of rotatable bonds is 6. The van der Waals surface area contributed by atoms with Gasteiger partial charge in [-0.2, -0.15) is 0 Å². The number of nitrogens with one attached hydrogen (secondary N) is 2. The Balaban J connectivity index is 0.958. The highest BCUT2D eigenvalue weighted by atomic mass is 32.7. The SMILES string of the molecule is O=C(Nc1ncnc2c1ncn2[C@@H]1O[C@@H]2COP(O)(=S)O[C@@H]3/C(=C/OP(=O)(S)O[C@H]2[C@H]1F)O[C@@H](n1cnc2c(NC(=O)c4ccccc4)ncnc21)[C@@H]3F)c1ccccc1. The smallest absolute Gasteiger partial charge is 0.437 e. The van der Waals surface area contributed by atoms with Gasteiger partial charge in [0.05, 0.1) is 12.9 Å². The van der Waals surface area contributed by atoms with E-state index < -0.39 is 80.8 Å². The van der Waals surface area contributed by atoms with Crippen molar-refractivity contribution < 1.29 is 55.4 Å². The predicted octanol–water partition coefficient (Wildman–Crippen LogP) is 5.19. The van der Waals surface area contributed by atoms with Gasteiger partial charge >= 0.3 is 13.5 Å². The van der Waals surface area contributed by atoms with E-state index in [1.165, 1.54) is 21.8 Å². The zero-order valence-corrected chi connectivity index (χ0v) is 33.6. The van der Waals surface area contributed by atoms with E-state index in [9.17, 15) is 19.0 Å². The van der Waals surface area contributed by atoms with Crippen molar-refractivity contribution in [3.8, 4) is 0 Å². The molecule has 0 saturated carbocycles. The van der Waals surface area contributed by atoms with Gasteiger partial charge in [-0.15, -0.1) is 0 Å². The largest absolute Gasteiger partial charge is 0.465 e. The second kappa shape index (κ2) is 16.0. The number of hydrogen-bond donors (Lipinski definition) is 4. The van der Waals surface area contributed by atoms with E-state index >= 15 is 8.78 Å². The summed E-state index contributed by atoms with van der Waals surface area (Å²) >= 11 is 9.26. The van der Waals surface area contributed by atoms with E-state index in [-0.39, 0.29) is 34.0 Å². The maximum absolute atomic E-state index is 16.5. The molecule has 3 aliphatic rings. The molecule has 3 N–H and O–H groups in total. The number of aromatic nitrogens is 8. The minimum atomic E-state index is -4.59. The summed E-state index contributed by atoms with van der Waals surface area (Å²) in [5.74, 6) is -1.39. The number of amides is 2. The number of benzene rings is 2. The molecule has 26 heteroatoms.